The summed E-state index contributed by atoms with van der Waals surface area (Å²) in [5.41, 5.74) is 0.968. The monoisotopic (exact) mass is 255 g/mol. The first kappa shape index (κ1) is 14.2. The summed E-state index contributed by atoms with van der Waals surface area (Å²) < 4.78 is 24.2. The molecule has 0 amide bonds. The van der Waals surface area contributed by atoms with Crippen molar-refractivity contribution in [2.45, 2.75) is 36.8 Å². The number of sulfone groups is 1. The quantitative estimate of drug-likeness (QED) is 0.877. The molecule has 1 aromatic rings. The Morgan fingerprint density at radius 1 is 1.29 bits per heavy atom. The number of benzene rings is 1. The van der Waals surface area contributed by atoms with Crippen LogP contribution in [0.25, 0.3) is 0 Å². The lowest BCUT2D eigenvalue weighted by Gasteiger charge is -2.24. The van der Waals surface area contributed by atoms with Gasteiger partial charge in [-0.1, -0.05) is 12.1 Å². The minimum Gasteiger partial charge on any atom is -0.320 e. The summed E-state index contributed by atoms with van der Waals surface area (Å²) >= 11 is 0. The normalized spacial score (nSPS) is 12.7. The lowest BCUT2D eigenvalue weighted by atomic mass is 10.1. The van der Waals surface area contributed by atoms with E-state index in [1.165, 1.54) is 0 Å². The number of aryl methyl sites for hydroxylation is 1. The highest BCUT2D eigenvalue weighted by atomic mass is 32.2. The zero-order chi connectivity index (χ0) is 13.1. The molecule has 0 bridgehead atoms. The molecule has 0 fully saturated rings. The molecule has 4 heteroatoms. The third-order valence-electron chi connectivity index (χ3n) is 3.00. The zero-order valence-electron chi connectivity index (χ0n) is 10.9. The third kappa shape index (κ3) is 3.07. The van der Waals surface area contributed by atoms with Crippen molar-refractivity contribution < 1.29 is 8.42 Å². The number of nitrogens with one attached hydrogen (secondary N) is 1. The molecule has 0 aliphatic heterocycles. The lowest BCUT2D eigenvalue weighted by Crippen LogP contribution is -2.35. The van der Waals surface area contributed by atoms with Crippen LogP contribution in [0.5, 0.6) is 0 Å². The standard InChI is InChI=1S/C13H21NO2S/c1-11-6-5-7-12(10-11)17(15,16)13(2,3)8-9-14-4/h5-7,10,14H,8-9H2,1-4H3. The van der Waals surface area contributed by atoms with Crippen molar-refractivity contribution in [1.82, 2.24) is 5.32 Å². The van der Waals surface area contributed by atoms with Gasteiger partial charge < -0.3 is 5.32 Å². The lowest BCUT2D eigenvalue weighted by molar-refractivity contribution is 0.519. The summed E-state index contributed by atoms with van der Waals surface area (Å²) in [6.07, 6.45) is 0.597. The largest absolute Gasteiger partial charge is 0.320 e. The molecule has 1 rings (SSSR count). The molecule has 0 aliphatic rings. The van der Waals surface area contributed by atoms with Gasteiger partial charge in [0.1, 0.15) is 0 Å². The summed E-state index contributed by atoms with van der Waals surface area (Å²) in [7, 11) is -1.44. The minimum absolute atomic E-state index is 0.415. The van der Waals surface area contributed by atoms with Gasteiger partial charge >= 0.3 is 0 Å². The smallest absolute Gasteiger partial charge is 0.183 e. The van der Waals surface area contributed by atoms with Gasteiger partial charge in [0.05, 0.1) is 9.64 Å². The maximum atomic E-state index is 12.5. The van der Waals surface area contributed by atoms with Gasteiger partial charge in [-0.2, -0.15) is 0 Å². The van der Waals surface area contributed by atoms with Gasteiger partial charge in [-0.3, -0.25) is 0 Å². The molecule has 96 valence electrons. The van der Waals surface area contributed by atoms with E-state index in [9.17, 15) is 8.42 Å². The minimum atomic E-state index is -3.27. The Morgan fingerprint density at radius 2 is 1.94 bits per heavy atom. The van der Waals surface area contributed by atoms with Gasteiger partial charge in [0.15, 0.2) is 9.84 Å². The first-order valence-electron chi connectivity index (χ1n) is 5.77. The summed E-state index contributed by atoms with van der Waals surface area (Å²) in [5, 5.41) is 2.99. The Balaban J connectivity index is 3.10. The van der Waals surface area contributed by atoms with Crippen LogP contribution in [-0.2, 0) is 9.84 Å². The molecule has 1 N–H and O–H groups in total. The Bertz CT molecular complexity index is 478. The van der Waals surface area contributed by atoms with Crippen molar-refractivity contribution >= 4 is 9.84 Å². The molecule has 0 saturated carbocycles. The number of hydrogen-bond donors (Lipinski definition) is 1. The van der Waals surface area contributed by atoms with Crippen LogP contribution in [0, 0.1) is 6.92 Å². The van der Waals surface area contributed by atoms with Gasteiger partial charge in [-0.15, -0.1) is 0 Å². The molecular weight excluding hydrogens is 234 g/mol. The number of rotatable bonds is 5. The van der Waals surface area contributed by atoms with E-state index >= 15 is 0 Å². The van der Waals surface area contributed by atoms with E-state index in [1.807, 2.05) is 20.0 Å². The average Bonchev–Trinajstić information content (AvgIpc) is 2.26. The predicted octanol–water partition coefficient (Wildman–Crippen LogP) is 2.16. The van der Waals surface area contributed by atoms with E-state index in [0.29, 0.717) is 17.9 Å². The molecule has 0 heterocycles. The molecule has 3 nitrogen and oxygen atoms in total. The molecule has 0 spiro atoms. The predicted molar refractivity (Wildman–Crippen MR) is 71.0 cm³/mol. The van der Waals surface area contributed by atoms with Crippen molar-refractivity contribution in [3.8, 4) is 0 Å². The van der Waals surface area contributed by atoms with Gasteiger partial charge in [-0.25, -0.2) is 8.42 Å². The Morgan fingerprint density at radius 3 is 2.47 bits per heavy atom. The molecule has 0 aliphatic carbocycles. The van der Waals surface area contributed by atoms with E-state index in [-0.39, 0.29) is 0 Å². The van der Waals surface area contributed by atoms with Crippen LogP contribution in [0.3, 0.4) is 0 Å². The van der Waals surface area contributed by atoms with Gasteiger partial charge in [0.2, 0.25) is 0 Å². The molecule has 0 atom stereocenters. The molecule has 0 aromatic heterocycles. The highest BCUT2D eigenvalue weighted by molar-refractivity contribution is 7.92. The van der Waals surface area contributed by atoms with Gasteiger partial charge in [0, 0.05) is 0 Å². The number of hydrogen-bond acceptors (Lipinski definition) is 3. The third-order valence-corrected chi connectivity index (χ3v) is 5.54. The Kier molecular flexibility index (Phi) is 4.33. The maximum Gasteiger partial charge on any atom is 0.183 e. The Hall–Kier alpha value is -0.870. The highest BCUT2D eigenvalue weighted by Gasteiger charge is 2.34. The fraction of sp³-hybridized carbons (Fsp3) is 0.538. The molecular formula is C13H21NO2S. The maximum absolute atomic E-state index is 12.5. The van der Waals surface area contributed by atoms with Crippen LogP contribution < -0.4 is 5.32 Å². The summed E-state index contributed by atoms with van der Waals surface area (Å²) in [4.78, 5) is 0.415. The molecule has 1 aromatic carbocycles. The van der Waals surface area contributed by atoms with E-state index < -0.39 is 14.6 Å². The molecule has 0 saturated heterocycles. The summed E-state index contributed by atoms with van der Waals surface area (Å²) in [6.45, 7) is 6.15. The topological polar surface area (TPSA) is 46.2 Å². The second-order valence-corrected chi connectivity index (χ2v) is 7.52. The van der Waals surface area contributed by atoms with E-state index in [4.69, 9.17) is 0 Å². The molecule has 0 unspecified atom stereocenters. The van der Waals surface area contributed by atoms with Crippen LogP contribution in [0.1, 0.15) is 25.8 Å². The van der Waals surface area contributed by atoms with Crippen molar-refractivity contribution in [1.29, 1.82) is 0 Å². The van der Waals surface area contributed by atoms with Crippen LogP contribution in [0.15, 0.2) is 29.2 Å². The van der Waals surface area contributed by atoms with E-state index in [1.54, 1.807) is 32.0 Å². The average molecular weight is 255 g/mol. The first-order valence-corrected chi connectivity index (χ1v) is 7.25. The summed E-state index contributed by atoms with van der Waals surface area (Å²) in [5.74, 6) is 0. The van der Waals surface area contributed by atoms with Crippen molar-refractivity contribution in [3.05, 3.63) is 29.8 Å². The van der Waals surface area contributed by atoms with E-state index in [0.717, 1.165) is 5.56 Å². The fourth-order valence-corrected chi connectivity index (χ4v) is 3.27. The van der Waals surface area contributed by atoms with Crippen molar-refractivity contribution in [2.75, 3.05) is 13.6 Å². The van der Waals surface area contributed by atoms with Crippen LogP contribution >= 0.6 is 0 Å². The van der Waals surface area contributed by atoms with Crippen molar-refractivity contribution in [2.24, 2.45) is 0 Å². The first-order chi connectivity index (χ1) is 7.81. The van der Waals surface area contributed by atoms with E-state index in [2.05, 4.69) is 5.32 Å². The summed E-state index contributed by atoms with van der Waals surface area (Å²) in [6, 6.07) is 7.09. The van der Waals surface area contributed by atoms with Gasteiger partial charge in [0.25, 0.3) is 0 Å². The molecule has 0 radical (unpaired) electrons. The highest BCUT2D eigenvalue weighted by Crippen LogP contribution is 2.28. The van der Waals surface area contributed by atoms with Crippen molar-refractivity contribution in [3.63, 3.8) is 0 Å². The van der Waals surface area contributed by atoms with Gasteiger partial charge in [-0.05, 0) is 58.5 Å². The van der Waals surface area contributed by atoms with Crippen LogP contribution in [0.2, 0.25) is 0 Å². The second-order valence-electron chi connectivity index (χ2n) is 4.93. The zero-order valence-corrected chi connectivity index (χ0v) is 11.8. The van der Waals surface area contributed by atoms with Crippen LogP contribution in [-0.4, -0.2) is 26.8 Å². The second kappa shape index (κ2) is 5.19. The molecule has 17 heavy (non-hydrogen) atoms. The SMILES string of the molecule is CNCCC(C)(C)S(=O)(=O)c1cccc(C)c1. The fourth-order valence-electron chi connectivity index (χ4n) is 1.66. The Labute approximate surface area is 104 Å². The van der Waals surface area contributed by atoms with Crippen LogP contribution in [0.4, 0.5) is 0 Å².